The summed E-state index contributed by atoms with van der Waals surface area (Å²) in [5.74, 6) is -2.29. The van der Waals surface area contributed by atoms with Crippen LogP contribution in [0.1, 0.15) is 27.1 Å². The van der Waals surface area contributed by atoms with Gasteiger partial charge in [-0.15, -0.1) is 0 Å². The van der Waals surface area contributed by atoms with Gasteiger partial charge >= 0.3 is 5.97 Å². The molecule has 0 radical (unpaired) electrons. The van der Waals surface area contributed by atoms with Crippen molar-refractivity contribution in [1.82, 2.24) is 0 Å². The summed E-state index contributed by atoms with van der Waals surface area (Å²) in [6.45, 7) is 0. The number of imide groups is 1. The second-order valence-corrected chi connectivity index (χ2v) is 8.92. The first-order chi connectivity index (χ1) is 14.8. The quantitative estimate of drug-likeness (QED) is 0.512. The molecule has 1 saturated heterocycles. The van der Waals surface area contributed by atoms with Gasteiger partial charge in [0.2, 0.25) is 11.8 Å². The third-order valence-corrected chi connectivity index (χ3v) is 6.81. The first kappa shape index (κ1) is 19.7. The van der Waals surface area contributed by atoms with Crippen LogP contribution in [-0.2, 0) is 9.59 Å². The largest absolute Gasteiger partial charge is 0.478 e. The monoisotopic (exact) mass is 480 g/mol. The van der Waals surface area contributed by atoms with Gasteiger partial charge in [0.05, 0.1) is 28.8 Å². The summed E-state index contributed by atoms with van der Waals surface area (Å²) in [6.07, 6.45) is 4.96. The molecule has 1 heterocycles. The molecule has 2 aromatic carbocycles. The zero-order valence-electron chi connectivity index (χ0n) is 16.1. The molecule has 2 N–H and O–H groups in total. The molecule has 31 heavy (non-hydrogen) atoms. The highest BCUT2D eigenvalue weighted by atomic mass is 79.9. The molecule has 3 aliphatic rings. The first-order valence-electron chi connectivity index (χ1n) is 9.85. The van der Waals surface area contributed by atoms with E-state index in [4.69, 9.17) is 0 Å². The lowest BCUT2D eigenvalue weighted by molar-refractivity contribution is -0.123. The Balaban J connectivity index is 1.35. The number of carboxylic acid groups (broad SMARTS) is 1. The molecular formula is C23H17BrN2O5. The fourth-order valence-electron chi connectivity index (χ4n) is 4.92. The molecular weight excluding hydrogens is 464 g/mol. The summed E-state index contributed by atoms with van der Waals surface area (Å²) in [5.41, 5.74) is 0.854. The Bertz CT molecular complexity index is 1140. The smallest absolute Gasteiger partial charge is 0.337 e. The number of hydrogen-bond donors (Lipinski definition) is 2. The summed E-state index contributed by atoms with van der Waals surface area (Å²) >= 11 is 3.21. The molecule has 2 fully saturated rings. The molecule has 0 aromatic heterocycles. The van der Waals surface area contributed by atoms with Crippen LogP contribution in [0.25, 0.3) is 0 Å². The third kappa shape index (κ3) is 3.09. The molecule has 5 rings (SSSR count). The Hall–Kier alpha value is -3.26. The van der Waals surface area contributed by atoms with Crippen molar-refractivity contribution in [3.8, 4) is 0 Å². The number of anilines is 2. The number of benzene rings is 2. The number of carboxylic acids is 1. The van der Waals surface area contributed by atoms with Gasteiger partial charge < -0.3 is 10.4 Å². The number of nitrogens with zero attached hydrogens (tertiary/aromatic N) is 1. The second kappa shape index (κ2) is 7.16. The third-order valence-electron chi connectivity index (χ3n) is 6.32. The Morgan fingerprint density at radius 2 is 1.58 bits per heavy atom. The fraction of sp³-hybridized carbons (Fsp3) is 0.217. The lowest BCUT2D eigenvalue weighted by Crippen LogP contribution is -2.32. The van der Waals surface area contributed by atoms with Gasteiger partial charge in [-0.2, -0.15) is 0 Å². The fourth-order valence-corrected chi connectivity index (χ4v) is 5.28. The molecule has 2 aromatic rings. The van der Waals surface area contributed by atoms with Gasteiger partial charge in [-0.3, -0.25) is 19.3 Å². The molecule has 2 bridgehead atoms. The Morgan fingerprint density at radius 1 is 0.968 bits per heavy atom. The van der Waals surface area contributed by atoms with E-state index >= 15 is 0 Å². The number of nitrogens with one attached hydrogen (secondary N) is 1. The standard InChI is InChI=1S/C23H17BrN2O5/c24-14-5-8-17(16(10-14)23(30)31)25-20(27)11-3-6-15(7-4-11)26-21(28)18-12-1-2-13(9-12)19(18)22(26)29/h1-8,10,12-13,18-19H,9H2,(H,25,27)(H,30,31)/t12-,13-,18-,19+/m0/s1. The molecule has 7 nitrogen and oxygen atoms in total. The van der Waals surface area contributed by atoms with Crippen LogP contribution in [0, 0.1) is 23.7 Å². The van der Waals surface area contributed by atoms with Crippen molar-refractivity contribution in [2.75, 3.05) is 10.2 Å². The molecule has 3 amide bonds. The lowest BCUT2D eigenvalue weighted by atomic mass is 9.85. The van der Waals surface area contributed by atoms with E-state index in [2.05, 4.69) is 21.2 Å². The van der Waals surface area contributed by atoms with Crippen molar-refractivity contribution in [1.29, 1.82) is 0 Å². The molecule has 0 spiro atoms. The average molecular weight is 481 g/mol. The van der Waals surface area contributed by atoms with Crippen molar-refractivity contribution in [2.24, 2.45) is 23.7 Å². The van der Waals surface area contributed by atoms with Crippen molar-refractivity contribution in [3.05, 3.63) is 70.2 Å². The summed E-state index contributed by atoms with van der Waals surface area (Å²) in [4.78, 5) is 51.1. The summed E-state index contributed by atoms with van der Waals surface area (Å²) in [5, 5.41) is 11.9. The van der Waals surface area contributed by atoms with Crippen LogP contribution in [0.4, 0.5) is 11.4 Å². The maximum atomic E-state index is 12.9. The van der Waals surface area contributed by atoms with E-state index in [0.29, 0.717) is 10.2 Å². The number of hydrogen-bond acceptors (Lipinski definition) is 4. The van der Waals surface area contributed by atoms with Crippen molar-refractivity contribution in [3.63, 3.8) is 0 Å². The SMILES string of the molecule is O=C(Nc1ccc(Br)cc1C(=O)O)c1ccc(N2C(=O)[C@@H]3[C@H](C2=O)[C@H]2C=C[C@H]3C2)cc1. The van der Waals surface area contributed by atoms with E-state index < -0.39 is 11.9 Å². The number of carbonyl (C=O) groups excluding carboxylic acids is 3. The van der Waals surface area contributed by atoms with Crippen LogP contribution in [0.15, 0.2) is 59.1 Å². The molecule has 1 aliphatic heterocycles. The van der Waals surface area contributed by atoms with Crippen LogP contribution in [0.2, 0.25) is 0 Å². The topological polar surface area (TPSA) is 104 Å². The zero-order valence-corrected chi connectivity index (χ0v) is 17.7. The maximum Gasteiger partial charge on any atom is 0.337 e. The van der Waals surface area contributed by atoms with Gasteiger partial charge in [-0.1, -0.05) is 28.1 Å². The zero-order chi connectivity index (χ0) is 21.9. The van der Waals surface area contributed by atoms with Gasteiger partial charge in [0.1, 0.15) is 0 Å². The minimum atomic E-state index is -1.16. The first-order valence-corrected chi connectivity index (χ1v) is 10.6. The lowest BCUT2D eigenvalue weighted by Gasteiger charge is -2.17. The average Bonchev–Trinajstić information content (AvgIpc) is 3.43. The summed E-state index contributed by atoms with van der Waals surface area (Å²) in [7, 11) is 0. The minimum Gasteiger partial charge on any atom is -0.478 e. The van der Waals surface area contributed by atoms with E-state index in [1.807, 2.05) is 12.2 Å². The molecule has 156 valence electrons. The van der Waals surface area contributed by atoms with Gasteiger partial charge in [0.15, 0.2) is 0 Å². The van der Waals surface area contributed by atoms with Gasteiger partial charge in [0.25, 0.3) is 5.91 Å². The van der Waals surface area contributed by atoms with Gasteiger partial charge in [-0.25, -0.2) is 4.79 Å². The second-order valence-electron chi connectivity index (χ2n) is 8.01. The van der Waals surface area contributed by atoms with E-state index in [0.717, 1.165) is 6.42 Å². The van der Waals surface area contributed by atoms with Crippen LogP contribution in [-0.4, -0.2) is 28.8 Å². The Kier molecular flexibility index (Phi) is 4.55. The van der Waals surface area contributed by atoms with Crippen molar-refractivity contribution >= 4 is 51.0 Å². The maximum absolute atomic E-state index is 12.9. The van der Waals surface area contributed by atoms with Crippen LogP contribution in [0.5, 0.6) is 0 Å². The van der Waals surface area contributed by atoms with Gasteiger partial charge in [0, 0.05) is 10.0 Å². The predicted molar refractivity (Wildman–Crippen MR) is 116 cm³/mol. The van der Waals surface area contributed by atoms with Crippen LogP contribution >= 0.6 is 15.9 Å². The number of halogens is 1. The molecule has 1 saturated carbocycles. The minimum absolute atomic E-state index is 0.0395. The Labute approximate surface area is 185 Å². The number of fused-ring (bicyclic) bond motifs is 5. The van der Waals surface area contributed by atoms with Crippen LogP contribution < -0.4 is 10.2 Å². The van der Waals surface area contributed by atoms with Crippen molar-refractivity contribution in [2.45, 2.75) is 6.42 Å². The van der Waals surface area contributed by atoms with Gasteiger partial charge in [-0.05, 0) is 60.7 Å². The molecule has 2 aliphatic carbocycles. The highest BCUT2D eigenvalue weighted by Crippen LogP contribution is 2.53. The van der Waals surface area contributed by atoms with E-state index in [1.165, 1.54) is 29.2 Å². The number of carbonyl (C=O) groups is 4. The number of rotatable bonds is 4. The van der Waals surface area contributed by atoms with E-state index in [1.54, 1.807) is 18.2 Å². The number of aromatic carboxylic acids is 1. The number of amides is 3. The highest BCUT2D eigenvalue weighted by molar-refractivity contribution is 9.10. The molecule has 4 atom stereocenters. The summed E-state index contributed by atoms with van der Waals surface area (Å²) < 4.78 is 0.584. The summed E-state index contributed by atoms with van der Waals surface area (Å²) in [6, 6.07) is 10.7. The number of allylic oxidation sites excluding steroid dienone is 2. The highest BCUT2D eigenvalue weighted by Gasteiger charge is 2.59. The van der Waals surface area contributed by atoms with E-state index in [-0.39, 0.29) is 52.3 Å². The van der Waals surface area contributed by atoms with E-state index in [9.17, 15) is 24.3 Å². The van der Waals surface area contributed by atoms with Crippen LogP contribution in [0.3, 0.4) is 0 Å². The molecule has 0 unspecified atom stereocenters. The molecule has 8 heteroatoms. The normalized spacial score (nSPS) is 25.8. The predicted octanol–water partition coefficient (Wildman–Crippen LogP) is 3.71. The Morgan fingerprint density at radius 3 is 2.16 bits per heavy atom. The van der Waals surface area contributed by atoms with Crippen molar-refractivity contribution < 1.29 is 24.3 Å².